The zero-order valence-electron chi connectivity index (χ0n) is 27.2. The monoisotopic (exact) mass is 675 g/mol. The summed E-state index contributed by atoms with van der Waals surface area (Å²) in [6, 6.07) is 26.6. The van der Waals surface area contributed by atoms with Crippen LogP contribution in [0.3, 0.4) is 0 Å². The second-order valence-corrected chi connectivity index (χ2v) is 12.2. The Hall–Kier alpha value is -5.13. The summed E-state index contributed by atoms with van der Waals surface area (Å²) >= 11 is 0. The summed E-state index contributed by atoms with van der Waals surface area (Å²) in [5.74, 6) is -0.0376. The average Bonchev–Trinajstić information content (AvgIpc) is 3.71. The molecule has 6 rings (SSSR count). The number of methoxy groups -OCH3 is 1. The Balaban J connectivity index is 0.000000606. The Morgan fingerprint density at radius 3 is 2.29 bits per heavy atom. The maximum atomic E-state index is 13.6. The molecule has 0 unspecified atom stereocenters. The molecule has 9 nitrogen and oxygen atoms in total. The molecule has 1 saturated carbocycles. The minimum Gasteiger partial charge on any atom is -0.497 e. The van der Waals surface area contributed by atoms with E-state index in [4.69, 9.17) is 24.8 Å². The van der Waals surface area contributed by atoms with E-state index < -0.39 is 12.1 Å². The van der Waals surface area contributed by atoms with Gasteiger partial charge in [0.05, 0.1) is 19.7 Å². The molecule has 0 aliphatic heterocycles. The third-order valence-electron chi connectivity index (χ3n) is 8.78. The van der Waals surface area contributed by atoms with Crippen molar-refractivity contribution in [2.75, 3.05) is 7.11 Å². The van der Waals surface area contributed by atoms with Crippen molar-refractivity contribution in [1.82, 2.24) is 25.1 Å². The van der Waals surface area contributed by atoms with E-state index in [1.807, 2.05) is 24.3 Å². The Morgan fingerprint density at radius 1 is 0.939 bits per heavy atom. The van der Waals surface area contributed by atoms with Crippen molar-refractivity contribution in [3.63, 3.8) is 0 Å². The third-order valence-corrected chi connectivity index (χ3v) is 8.78. The van der Waals surface area contributed by atoms with Crippen molar-refractivity contribution in [2.24, 2.45) is 5.92 Å². The number of alkyl halides is 3. The van der Waals surface area contributed by atoms with E-state index in [-0.39, 0.29) is 17.9 Å². The number of nitrogens with one attached hydrogen (secondary N) is 2. The number of nitrogens with zero attached hydrogens (tertiary/aromatic N) is 3. The maximum absolute atomic E-state index is 13.6. The molecule has 258 valence electrons. The van der Waals surface area contributed by atoms with Gasteiger partial charge in [-0.25, -0.2) is 4.79 Å². The number of carboxylic acids is 1. The molecular formula is C37H40F3N5O4. The molecule has 3 N–H and O–H groups in total. The number of aromatic amines is 1. The molecular weight excluding hydrogens is 635 g/mol. The van der Waals surface area contributed by atoms with Crippen LogP contribution in [0.25, 0.3) is 10.9 Å². The van der Waals surface area contributed by atoms with Gasteiger partial charge in [0.15, 0.2) is 5.82 Å². The number of H-pyrrole nitrogens is 1. The number of hydrogen-bond acceptors (Lipinski definition) is 5. The number of para-hydroxylation sites is 1. The highest BCUT2D eigenvalue weighted by atomic mass is 19.4. The number of aryl methyl sites for hydroxylation is 2. The molecule has 1 amide bonds. The van der Waals surface area contributed by atoms with Crippen molar-refractivity contribution >= 4 is 22.8 Å². The standard InChI is InChI=1S/C35H39N5O2.C2HF3O2/c1-42-29-19-16-26(17-20-29)24-40-33(21-18-25-10-4-2-5-11-25)38-39-34(40)32(37-35(41)27-12-6-3-7-13-27)22-28-23-36-31-15-9-8-14-30(28)31;3-2(4,5)1(6)7/h2,4-5,8-11,14-17,19-20,23,27,32,36H,3,6-7,12-13,18,21-22,24H2,1H3,(H,37,41);(H,6,7)/t32-;/m1./s1. The van der Waals surface area contributed by atoms with Crippen LogP contribution >= 0.6 is 0 Å². The fraction of sp³-hybridized carbons (Fsp3) is 0.351. The number of hydrogen-bond donors (Lipinski definition) is 3. The van der Waals surface area contributed by atoms with Gasteiger partial charge < -0.3 is 24.7 Å². The van der Waals surface area contributed by atoms with Gasteiger partial charge in [0.1, 0.15) is 11.6 Å². The van der Waals surface area contributed by atoms with Crippen LogP contribution in [0.2, 0.25) is 0 Å². The van der Waals surface area contributed by atoms with E-state index in [0.717, 1.165) is 72.6 Å². The largest absolute Gasteiger partial charge is 0.497 e. The van der Waals surface area contributed by atoms with Gasteiger partial charge >= 0.3 is 12.1 Å². The van der Waals surface area contributed by atoms with E-state index in [1.54, 1.807) is 7.11 Å². The summed E-state index contributed by atoms with van der Waals surface area (Å²) in [6.07, 6.45) is 4.56. The molecule has 0 bridgehead atoms. The van der Waals surface area contributed by atoms with Gasteiger partial charge in [-0.2, -0.15) is 13.2 Å². The summed E-state index contributed by atoms with van der Waals surface area (Å²) in [7, 11) is 1.68. The van der Waals surface area contributed by atoms with Crippen molar-refractivity contribution in [1.29, 1.82) is 0 Å². The number of carbonyl (C=O) groups excluding carboxylic acids is 1. The van der Waals surface area contributed by atoms with Crippen molar-refractivity contribution < 1.29 is 32.6 Å². The van der Waals surface area contributed by atoms with E-state index in [9.17, 15) is 18.0 Å². The topological polar surface area (TPSA) is 122 Å². The number of aliphatic carboxylic acids is 1. The molecule has 2 aromatic heterocycles. The Labute approximate surface area is 282 Å². The van der Waals surface area contributed by atoms with Gasteiger partial charge in [-0.15, -0.1) is 10.2 Å². The Kier molecular flexibility index (Phi) is 11.7. The predicted molar refractivity (Wildman–Crippen MR) is 179 cm³/mol. The van der Waals surface area contributed by atoms with Crippen LogP contribution in [-0.2, 0) is 35.4 Å². The van der Waals surface area contributed by atoms with Crippen LogP contribution < -0.4 is 10.1 Å². The number of carbonyl (C=O) groups is 2. The summed E-state index contributed by atoms with van der Waals surface area (Å²) in [4.78, 5) is 25.9. The zero-order chi connectivity index (χ0) is 34.8. The van der Waals surface area contributed by atoms with Crippen LogP contribution in [0.5, 0.6) is 5.75 Å². The summed E-state index contributed by atoms with van der Waals surface area (Å²) in [6.45, 7) is 0.611. The first kappa shape index (κ1) is 35.2. The number of carboxylic acid groups (broad SMARTS) is 1. The highest BCUT2D eigenvalue weighted by Crippen LogP contribution is 2.28. The van der Waals surface area contributed by atoms with E-state index in [2.05, 4.69) is 75.7 Å². The molecule has 1 fully saturated rings. The molecule has 12 heteroatoms. The molecule has 0 saturated heterocycles. The van der Waals surface area contributed by atoms with E-state index in [0.29, 0.717) is 13.0 Å². The first-order valence-corrected chi connectivity index (χ1v) is 16.4. The van der Waals surface area contributed by atoms with Gasteiger partial charge in [-0.1, -0.05) is 79.9 Å². The molecule has 1 atom stereocenters. The summed E-state index contributed by atoms with van der Waals surface area (Å²) in [5.41, 5.74) is 4.64. The lowest BCUT2D eigenvalue weighted by Gasteiger charge is -2.25. The fourth-order valence-corrected chi connectivity index (χ4v) is 6.16. The normalized spacial score (nSPS) is 14.1. The molecule has 49 heavy (non-hydrogen) atoms. The quantitative estimate of drug-likeness (QED) is 0.136. The first-order chi connectivity index (χ1) is 23.6. The van der Waals surface area contributed by atoms with E-state index in [1.165, 1.54) is 17.4 Å². The smallest absolute Gasteiger partial charge is 0.490 e. The number of rotatable bonds is 11. The molecule has 0 spiro atoms. The number of fused-ring (bicyclic) bond motifs is 1. The average molecular weight is 676 g/mol. The van der Waals surface area contributed by atoms with Crippen LogP contribution in [0.15, 0.2) is 85.1 Å². The Morgan fingerprint density at radius 2 is 1.61 bits per heavy atom. The van der Waals surface area contributed by atoms with Crippen molar-refractivity contribution in [3.8, 4) is 5.75 Å². The SMILES string of the molecule is COc1ccc(Cn2c(CCc3ccccc3)nnc2[C@@H](Cc2c[nH]c3ccccc23)NC(=O)C2CCCCC2)cc1.O=C(O)C(F)(F)F. The van der Waals surface area contributed by atoms with Gasteiger partial charge in [-0.3, -0.25) is 4.79 Å². The second kappa shape index (κ2) is 16.3. The molecule has 1 aliphatic carbocycles. The molecule has 0 radical (unpaired) electrons. The summed E-state index contributed by atoms with van der Waals surface area (Å²) in [5, 5.41) is 21.2. The van der Waals surface area contributed by atoms with Crippen LogP contribution in [0.4, 0.5) is 13.2 Å². The Bertz CT molecular complexity index is 1810. The lowest BCUT2D eigenvalue weighted by molar-refractivity contribution is -0.192. The third kappa shape index (κ3) is 9.49. The molecule has 1 aliphatic rings. The van der Waals surface area contributed by atoms with Crippen LogP contribution in [0.1, 0.15) is 66.5 Å². The predicted octanol–water partition coefficient (Wildman–Crippen LogP) is 7.22. The lowest BCUT2D eigenvalue weighted by Crippen LogP contribution is -2.37. The van der Waals surface area contributed by atoms with Crippen LogP contribution in [0, 0.1) is 5.92 Å². The van der Waals surface area contributed by atoms with E-state index >= 15 is 0 Å². The highest BCUT2D eigenvalue weighted by molar-refractivity contribution is 5.83. The fourth-order valence-electron chi connectivity index (χ4n) is 6.16. The summed E-state index contributed by atoms with van der Waals surface area (Å²) < 4.78 is 39.3. The van der Waals surface area contributed by atoms with Gasteiger partial charge in [-0.05, 0) is 54.2 Å². The molecule has 2 heterocycles. The maximum Gasteiger partial charge on any atom is 0.490 e. The zero-order valence-corrected chi connectivity index (χ0v) is 27.2. The lowest BCUT2D eigenvalue weighted by atomic mass is 9.88. The van der Waals surface area contributed by atoms with Crippen LogP contribution in [-0.4, -0.2) is 50.0 Å². The van der Waals surface area contributed by atoms with Gasteiger partial charge in [0.25, 0.3) is 0 Å². The number of halogens is 3. The number of ether oxygens (including phenoxy) is 1. The minimum atomic E-state index is -5.08. The molecule has 3 aromatic carbocycles. The first-order valence-electron chi connectivity index (χ1n) is 16.4. The van der Waals surface area contributed by atoms with Gasteiger partial charge in [0, 0.05) is 35.9 Å². The number of aromatic nitrogens is 4. The highest BCUT2D eigenvalue weighted by Gasteiger charge is 2.38. The number of benzene rings is 3. The number of amides is 1. The van der Waals surface area contributed by atoms with Gasteiger partial charge in [0.2, 0.25) is 5.91 Å². The van der Waals surface area contributed by atoms with Crippen molar-refractivity contribution in [3.05, 3.63) is 113 Å². The molecule has 5 aromatic rings. The van der Waals surface area contributed by atoms with Crippen molar-refractivity contribution in [2.45, 2.75) is 70.1 Å². The second-order valence-electron chi connectivity index (χ2n) is 12.2. The minimum absolute atomic E-state index is 0.0553.